The Balaban J connectivity index is 1.68. The zero-order valence-corrected chi connectivity index (χ0v) is 19.0. The molecule has 1 amide bonds. The summed E-state index contributed by atoms with van der Waals surface area (Å²) in [5, 5.41) is 7.79. The summed E-state index contributed by atoms with van der Waals surface area (Å²) >= 11 is 0. The molecule has 0 spiro atoms. The first kappa shape index (κ1) is 21.0. The number of ether oxygens (including phenoxy) is 2. The zero-order chi connectivity index (χ0) is 22.3. The summed E-state index contributed by atoms with van der Waals surface area (Å²) in [5.41, 5.74) is 6.72. The Bertz CT molecular complexity index is 1130. The number of fused-ring (bicyclic) bond motifs is 1. The van der Waals surface area contributed by atoms with Crippen molar-refractivity contribution in [2.24, 2.45) is 0 Å². The molecule has 1 aliphatic rings. The van der Waals surface area contributed by atoms with Gasteiger partial charge in [0.25, 0.3) is 5.91 Å². The SMILES string of the molecule is Cc1cc(C)c(Cn2nc(C(C)(C)C)cc2C(=O)Nc2ccc3c(c2)OCO3)c(C)c1. The first-order valence-electron chi connectivity index (χ1n) is 10.5. The van der Waals surface area contributed by atoms with Crippen molar-refractivity contribution in [3.05, 3.63) is 70.0 Å². The number of amides is 1. The van der Waals surface area contributed by atoms with Crippen LogP contribution in [0, 0.1) is 20.8 Å². The van der Waals surface area contributed by atoms with Crippen LogP contribution in [0.2, 0.25) is 0 Å². The second-order valence-electron chi connectivity index (χ2n) is 9.22. The Morgan fingerprint density at radius 2 is 1.71 bits per heavy atom. The summed E-state index contributed by atoms with van der Waals surface area (Å²) in [6, 6.07) is 11.6. The van der Waals surface area contributed by atoms with E-state index in [1.165, 1.54) is 22.3 Å². The van der Waals surface area contributed by atoms with Crippen molar-refractivity contribution >= 4 is 11.6 Å². The maximum Gasteiger partial charge on any atom is 0.273 e. The van der Waals surface area contributed by atoms with E-state index in [1.54, 1.807) is 12.1 Å². The van der Waals surface area contributed by atoms with E-state index in [1.807, 2.05) is 16.8 Å². The van der Waals surface area contributed by atoms with Gasteiger partial charge < -0.3 is 14.8 Å². The Morgan fingerprint density at radius 1 is 1.03 bits per heavy atom. The molecule has 1 aromatic heterocycles. The molecule has 3 aromatic rings. The molecule has 0 saturated heterocycles. The van der Waals surface area contributed by atoms with Gasteiger partial charge in [-0.15, -0.1) is 0 Å². The van der Waals surface area contributed by atoms with E-state index in [2.05, 4.69) is 59.0 Å². The molecule has 0 unspecified atom stereocenters. The highest BCUT2D eigenvalue weighted by Gasteiger charge is 2.24. The second-order valence-corrected chi connectivity index (χ2v) is 9.22. The highest BCUT2D eigenvalue weighted by Crippen LogP contribution is 2.34. The standard InChI is InChI=1S/C25H29N3O3/c1-15-9-16(2)19(17(3)10-15)13-28-20(12-23(27-28)25(4,5)6)24(29)26-18-7-8-21-22(11-18)31-14-30-21/h7-12H,13-14H2,1-6H3,(H,26,29). The molecule has 0 atom stereocenters. The highest BCUT2D eigenvalue weighted by molar-refractivity contribution is 6.03. The predicted octanol–water partition coefficient (Wildman–Crippen LogP) is 5.14. The number of aryl methyl sites for hydroxylation is 3. The Kier molecular flexibility index (Phi) is 5.25. The third kappa shape index (κ3) is 4.29. The lowest BCUT2D eigenvalue weighted by atomic mass is 9.92. The van der Waals surface area contributed by atoms with Gasteiger partial charge in [0.15, 0.2) is 11.5 Å². The average molecular weight is 420 g/mol. The molecule has 4 rings (SSSR count). The third-order valence-corrected chi connectivity index (χ3v) is 5.56. The van der Waals surface area contributed by atoms with Gasteiger partial charge in [0.2, 0.25) is 6.79 Å². The summed E-state index contributed by atoms with van der Waals surface area (Å²) in [4.78, 5) is 13.2. The molecule has 0 saturated carbocycles. The van der Waals surface area contributed by atoms with Crippen molar-refractivity contribution in [2.75, 3.05) is 12.1 Å². The van der Waals surface area contributed by atoms with Crippen molar-refractivity contribution < 1.29 is 14.3 Å². The molecular weight excluding hydrogens is 390 g/mol. The maximum atomic E-state index is 13.2. The minimum Gasteiger partial charge on any atom is -0.454 e. The molecule has 6 nitrogen and oxygen atoms in total. The molecule has 0 aliphatic carbocycles. The van der Waals surface area contributed by atoms with Crippen LogP contribution in [0.25, 0.3) is 0 Å². The van der Waals surface area contributed by atoms with Crippen LogP contribution < -0.4 is 14.8 Å². The summed E-state index contributed by atoms with van der Waals surface area (Å²) in [6.45, 7) is 13.3. The summed E-state index contributed by atoms with van der Waals surface area (Å²) < 4.78 is 12.6. The first-order chi connectivity index (χ1) is 14.6. The number of hydrogen-bond acceptors (Lipinski definition) is 4. The van der Waals surface area contributed by atoms with Gasteiger partial charge in [0, 0.05) is 17.2 Å². The van der Waals surface area contributed by atoms with E-state index >= 15 is 0 Å². The quantitative estimate of drug-likeness (QED) is 0.636. The van der Waals surface area contributed by atoms with Gasteiger partial charge >= 0.3 is 0 Å². The van der Waals surface area contributed by atoms with Crippen molar-refractivity contribution in [3.63, 3.8) is 0 Å². The van der Waals surface area contributed by atoms with Crippen LogP contribution in [0.1, 0.15) is 59.2 Å². The van der Waals surface area contributed by atoms with Gasteiger partial charge in [-0.3, -0.25) is 9.48 Å². The fourth-order valence-corrected chi connectivity index (χ4v) is 3.87. The zero-order valence-electron chi connectivity index (χ0n) is 19.0. The monoisotopic (exact) mass is 419 g/mol. The fourth-order valence-electron chi connectivity index (χ4n) is 3.87. The van der Waals surface area contributed by atoms with E-state index in [0.717, 1.165) is 5.69 Å². The fraction of sp³-hybridized carbons (Fsp3) is 0.360. The normalized spacial score (nSPS) is 12.8. The topological polar surface area (TPSA) is 65.4 Å². The Hall–Kier alpha value is -3.28. The number of benzene rings is 2. The molecule has 2 heterocycles. The molecule has 1 N–H and O–H groups in total. The molecule has 0 fully saturated rings. The van der Waals surface area contributed by atoms with E-state index in [0.29, 0.717) is 29.4 Å². The molecule has 2 aromatic carbocycles. The van der Waals surface area contributed by atoms with E-state index < -0.39 is 0 Å². The number of carbonyl (C=O) groups is 1. The van der Waals surface area contributed by atoms with Crippen LogP contribution in [0.5, 0.6) is 11.5 Å². The molecule has 0 radical (unpaired) electrons. The molecule has 6 heteroatoms. The van der Waals surface area contributed by atoms with Crippen LogP contribution in [0.15, 0.2) is 36.4 Å². The second kappa shape index (κ2) is 7.76. The number of anilines is 1. The Morgan fingerprint density at radius 3 is 2.39 bits per heavy atom. The van der Waals surface area contributed by atoms with Crippen LogP contribution >= 0.6 is 0 Å². The number of hydrogen-bond donors (Lipinski definition) is 1. The summed E-state index contributed by atoms with van der Waals surface area (Å²) in [6.07, 6.45) is 0. The number of rotatable bonds is 4. The van der Waals surface area contributed by atoms with Gasteiger partial charge in [-0.25, -0.2) is 0 Å². The predicted molar refractivity (Wildman–Crippen MR) is 121 cm³/mol. The molecule has 0 bridgehead atoms. The lowest BCUT2D eigenvalue weighted by Gasteiger charge is -2.15. The first-order valence-corrected chi connectivity index (χ1v) is 10.5. The average Bonchev–Trinajstić information content (AvgIpc) is 3.30. The molecule has 162 valence electrons. The van der Waals surface area contributed by atoms with E-state index in [4.69, 9.17) is 14.6 Å². The highest BCUT2D eigenvalue weighted by atomic mass is 16.7. The smallest absolute Gasteiger partial charge is 0.273 e. The van der Waals surface area contributed by atoms with E-state index in [9.17, 15) is 4.79 Å². The van der Waals surface area contributed by atoms with Crippen molar-refractivity contribution in [1.29, 1.82) is 0 Å². The Labute approximate surface area is 183 Å². The number of carbonyl (C=O) groups excluding carboxylic acids is 1. The lowest BCUT2D eigenvalue weighted by molar-refractivity contribution is 0.101. The van der Waals surface area contributed by atoms with Crippen molar-refractivity contribution in [3.8, 4) is 11.5 Å². The lowest BCUT2D eigenvalue weighted by Crippen LogP contribution is -2.19. The maximum absolute atomic E-state index is 13.2. The van der Waals surface area contributed by atoms with Crippen LogP contribution in [0.4, 0.5) is 5.69 Å². The largest absolute Gasteiger partial charge is 0.454 e. The molecule has 31 heavy (non-hydrogen) atoms. The van der Waals surface area contributed by atoms with Crippen molar-refractivity contribution in [1.82, 2.24) is 9.78 Å². The summed E-state index contributed by atoms with van der Waals surface area (Å²) in [5.74, 6) is 1.11. The minimum atomic E-state index is -0.204. The molecular formula is C25H29N3O3. The number of aromatic nitrogens is 2. The van der Waals surface area contributed by atoms with E-state index in [-0.39, 0.29) is 18.1 Å². The number of nitrogens with one attached hydrogen (secondary N) is 1. The van der Waals surface area contributed by atoms with Gasteiger partial charge in [-0.1, -0.05) is 38.5 Å². The van der Waals surface area contributed by atoms with Gasteiger partial charge in [-0.2, -0.15) is 5.10 Å². The minimum absolute atomic E-state index is 0.170. The van der Waals surface area contributed by atoms with Crippen molar-refractivity contribution in [2.45, 2.75) is 53.5 Å². The van der Waals surface area contributed by atoms with Crippen LogP contribution in [-0.4, -0.2) is 22.5 Å². The summed E-state index contributed by atoms with van der Waals surface area (Å²) in [7, 11) is 0. The van der Waals surface area contributed by atoms with Crippen LogP contribution in [0.3, 0.4) is 0 Å². The molecule has 1 aliphatic heterocycles. The number of nitrogens with zero attached hydrogens (tertiary/aromatic N) is 2. The van der Waals surface area contributed by atoms with Gasteiger partial charge in [0.05, 0.1) is 12.2 Å². The van der Waals surface area contributed by atoms with Crippen LogP contribution in [-0.2, 0) is 12.0 Å². The van der Waals surface area contributed by atoms with Gasteiger partial charge in [-0.05, 0) is 55.7 Å². The van der Waals surface area contributed by atoms with Gasteiger partial charge in [0.1, 0.15) is 5.69 Å². The third-order valence-electron chi connectivity index (χ3n) is 5.56.